The molecule has 212 valence electrons. The number of H-pyrrole nitrogens is 1. The fourth-order valence-electron chi connectivity index (χ4n) is 4.00. The average Bonchev–Trinajstić information content (AvgIpc) is 3.16. The van der Waals surface area contributed by atoms with Crippen LogP contribution in [0.2, 0.25) is 0 Å². The molecule has 1 aromatic heterocycles. The molecule has 1 aromatic carbocycles. The Morgan fingerprint density at radius 2 is 1.56 bits per heavy atom. The molecule has 0 saturated carbocycles. The van der Waals surface area contributed by atoms with Crippen LogP contribution in [0.1, 0.15) is 44.5 Å². The van der Waals surface area contributed by atoms with Crippen LogP contribution in [0.3, 0.4) is 0 Å². The van der Waals surface area contributed by atoms with Crippen molar-refractivity contribution in [1.82, 2.24) is 10.2 Å². The lowest BCUT2D eigenvalue weighted by molar-refractivity contribution is -0.422. The van der Waals surface area contributed by atoms with Crippen molar-refractivity contribution < 1.29 is 52.7 Å². The van der Waals surface area contributed by atoms with Gasteiger partial charge < -0.3 is 33.5 Å². The lowest BCUT2D eigenvalue weighted by Crippen LogP contribution is -2.70. The van der Waals surface area contributed by atoms with Gasteiger partial charge in [0.05, 0.1) is 0 Å². The van der Waals surface area contributed by atoms with Crippen LogP contribution in [0.4, 0.5) is 0 Å². The largest absolute Gasteiger partial charge is 0.463 e. The molecule has 0 radical (unpaired) electrons. The summed E-state index contributed by atoms with van der Waals surface area (Å²) in [5.41, 5.74) is 2.09. The van der Waals surface area contributed by atoms with Gasteiger partial charge in [0.2, 0.25) is 12.0 Å². The number of rotatable bonds is 9. The Balaban J connectivity index is 2.05. The molecular formula is C25H29IN2O11. The van der Waals surface area contributed by atoms with Crippen molar-refractivity contribution in [2.45, 2.75) is 71.4 Å². The first-order valence-corrected chi connectivity index (χ1v) is 12.9. The maximum Gasteiger partial charge on any atom is 0.369 e. The van der Waals surface area contributed by atoms with Crippen molar-refractivity contribution in [2.75, 3.05) is 6.61 Å². The van der Waals surface area contributed by atoms with Crippen molar-refractivity contribution in [1.29, 1.82) is 0 Å². The van der Waals surface area contributed by atoms with E-state index < -0.39 is 60.9 Å². The Labute approximate surface area is 237 Å². The van der Waals surface area contributed by atoms with Crippen LogP contribution in [0, 0.1) is 10.5 Å². The number of aromatic nitrogens is 2. The summed E-state index contributed by atoms with van der Waals surface area (Å²) in [5, 5.41) is 18.6. The molecule has 2 N–H and O–H groups in total. The summed E-state index contributed by atoms with van der Waals surface area (Å²) in [4.78, 5) is 47.5. The molecule has 13 nitrogen and oxygen atoms in total. The van der Waals surface area contributed by atoms with Gasteiger partial charge in [-0.3, -0.25) is 24.3 Å². The van der Waals surface area contributed by atoms with Crippen molar-refractivity contribution in [3.05, 3.63) is 44.7 Å². The first-order chi connectivity index (χ1) is 18.3. The fraction of sp³-hybridized carbons (Fsp3) is 0.480. The van der Waals surface area contributed by atoms with Crippen LogP contribution in [0.25, 0.3) is 0 Å². The molecule has 1 aliphatic rings. The number of esters is 4. The fourth-order valence-corrected chi connectivity index (χ4v) is 4.36. The van der Waals surface area contributed by atoms with E-state index in [0.717, 1.165) is 36.8 Å². The summed E-state index contributed by atoms with van der Waals surface area (Å²) in [7, 11) is 0. The number of carbonyl (C=O) groups excluding carboxylic acids is 4. The summed E-state index contributed by atoms with van der Waals surface area (Å²) in [6, 6.07) is 7.69. The van der Waals surface area contributed by atoms with E-state index in [4.69, 9.17) is 28.4 Å². The number of nitrogens with zero attached hydrogens (tertiary/aromatic N) is 1. The summed E-state index contributed by atoms with van der Waals surface area (Å²) in [5.74, 6) is -6.15. The first-order valence-electron chi connectivity index (χ1n) is 11.8. The van der Waals surface area contributed by atoms with E-state index in [9.17, 15) is 24.3 Å². The van der Waals surface area contributed by atoms with Crippen molar-refractivity contribution in [2.24, 2.45) is 0 Å². The van der Waals surface area contributed by atoms with Gasteiger partial charge in [-0.25, -0.2) is 0 Å². The highest BCUT2D eigenvalue weighted by molar-refractivity contribution is 14.1. The third-order valence-corrected chi connectivity index (χ3v) is 6.31. The van der Waals surface area contributed by atoms with Gasteiger partial charge in [0.25, 0.3) is 0 Å². The standard InChI is InChI=1S/C25H29IN2O11/c1-12-19(10-17-6-8-18(26)9-7-17)24(28-27-12)39-25(33)23(37-16(5)32)22(36-15(4)31)21(35-14(3)30)20(38-25)11-34-13(2)29/h6-9,20-23,33H,10-11H2,1-5H3,(H,27,28)/t20-,21-,22+,23-,25-/m1/s1. The van der Waals surface area contributed by atoms with Gasteiger partial charge in [0.1, 0.15) is 12.7 Å². The SMILES string of the molecule is CC(=O)OC[C@H]1O[C@@](O)(Oc2n[nH]c(C)c2Cc2ccc(I)cc2)[C@H](OC(C)=O)[C@@H](OC(C)=O)[C@@H]1OC(C)=O. The van der Waals surface area contributed by atoms with Crippen molar-refractivity contribution in [3.63, 3.8) is 0 Å². The zero-order valence-corrected chi connectivity index (χ0v) is 24.0. The van der Waals surface area contributed by atoms with E-state index in [1.54, 1.807) is 6.92 Å². The van der Waals surface area contributed by atoms with E-state index in [1.807, 2.05) is 24.3 Å². The normalized spacial score (nSPS) is 24.4. The van der Waals surface area contributed by atoms with Crippen LogP contribution in [0.15, 0.2) is 24.3 Å². The molecule has 39 heavy (non-hydrogen) atoms. The number of hydrogen-bond donors (Lipinski definition) is 2. The molecule has 0 amide bonds. The highest BCUT2D eigenvalue weighted by atomic mass is 127. The van der Waals surface area contributed by atoms with Crippen LogP contribution < -0.4 is 4.74 Å². The lowest BCUT2D eigenvalue weighted by atomic mass is 9.96. The van der Waals surface area contributed by atoms with E-state index in [0.29, 0.717) is 17.7 Å². The second-order valence-corrected chi connectivity index (χ2v) is 10.1. The number of aliphatic hydroxyl groups is 1. The van der Waals surface area contributed by atoms with E-state index >= 15 is 0 Å². The summed E-state index contributed by atoms with van der Waals surface area (Å²) in [6.45, 7) is 5.58. The number of ether oxygens (including phenoxy) is 6. The van der Waals surface area contributed by atoms with Gasteiger partial charge in [-0.15, -0.1) is 5.10 Å². The lowest BCUT2D eigenvalue weighted by Gasteiger charge is -2.47. The second-order valence-electron chi connectivity index (χ2n) is 8.81. The number of aryl methyl sites for hydroxylation is 1. The van der Waals surface area contributed by atoms with Gasteiger partial charge >= 0.3 is 29.9 Å². The van der Waals surface area contributed by atoms with Crippen molar-refractivity contribution >= 4 is 46.5 Å². The smallest absolute Gasteiger partial charge is 0.369 e. The van der Waals surface area contributed by atoms with Gasteiger partial charge in [-0.05, 0) is 47.2 Å². The number of carbonyl (C=O) groups is 4. The molecule has 0 bridgehead atoms. The molecule has 0 unspecified atom stereocenters. The predicted octanol–water partition coefficient (Wildman–Crippen LogP) is 1.70. The monoisotopic (exact) mass is 660 g/mol. The van der Waals surface area contributed by atoms with Crippen LogP contribution >= 0.6 is 22.6 Å². The zero-order chi connectivity index (χ0) is 28.9. The minimum absolute atomic E-state index is 0.0931. The number of aromatic amines is 1. The Bertz CT molecular complexity index is 1220. The van der Waals surface area contributed by atoms with Gasteiger partial charge in [0.15, 0.2) is 12.2 Å². The van der Waals surface area contributed by atoms with Gasteiger partial charge in [-0.1, -0.05) is 12.1 Å². The van der Waals surface area contributed by atoms with E-state index in [-0.39, 0.29) is 5.88 Å². The third-order valence-electron chi connectivity index (χ3n) is 5.59. The summed E-state index contributed by atoms with van der Waals surface area (Å²) < 4.78 is 33.6. The summed E-state index contributed by atoms with van der Waals surface area (Å²) in [6.07, 6.45) is -5.97. The molecule has 1 saturated heterocycles. The van der Waals surface area contributed by atoms with E-state index in [1.165, 1.54) is 0 Å². The molecule has 5 atom stereocenters. The zero-order valence-electron chi connectivity index (χ0n) is 21.9. The van der Waals surface area contributed by atoms with Crippen molar-refractivity contribution in [3.8, 4) is 5.88 Å². The van der Waals surface area contributed by atoms with Gasteiger partial charge in [-0.2, -0.15) is 0 Å². The molecule has 2 aromatic rings. The molecule has 2 heterocycles. The minimum atomic E-state index is -2.82. The highest BCUT2D eigenvalue weighted by Gasteiger charge is 2.62. The highest BCUT2D eigenvalue weighted by Crippen LogP contribution is 2.37. The van der Waals surface area contributed by atoms with Crippen LogP contribution in [-0.4, -0.2) is 76.2 Å². The minimum Gasteiger partial charge on any atom is -0.463 e. The molecule has 1 fully saturated rings. The molecule has 3 rings (SSSR count). The molecular weight excluding hydrogens is 631 g/mol. The molecule has 0 spiro atoms. The van der Waals surface area contributed by atoms with Gasteiger partial charge in [0, 0.05) is 48.9 Å². The first kappa shape index (κ1) is 30.3. The van der Waals surface area contributed by atoms with Crippen LogP contribution in [0.5, 0.6) is 5.88 Å². The van der Waals surface area contributed by atoms with E-state index in [2.05, 4.69) is 32.8 Å². The second kappa shape index (κ2) is 12.7. The molecule has 14 heteroatoms. The Hall–Kier alpha value is -3.24. The number of halogens is 1. The summed E-state index contributed by atoms with van der Waals surface area (Å²) >= 11 is 2.19. The topological polar surface area (TPSA) is 173 Å². The average molecular weight is 660 g/mol. The maximum atomic E-state index is 12.1. The Kier molecular flexibility index (Phi) is 9.90. The maximum absolute atomic E-state index is 12.1. The Morgan fingerprint density at radius 3 is 2.13 bits per heavy atom. The quantitative estimate of drug-likeness (QED) is 0.173. The third kappa shape index (κ3) is 7.89. The number of nitrogens with one attached hydrogen (secondary N) is 1. The van der Waals surface area contributed by atoms with Crippen LogP contribution in [-0.2, 0) is 49.3 Å². The number of hydrogen-bond acceptors (Lipinski definition) is 12. The molecule has 0 aliphatic carbocycles. The predicted molar refractivity (Wildman–Crippen MR) is 139 cm³/mol. The Morgan fingerprint density at radius 1 is 0.974 bits per heavy atom. The number of benzene rings is 1. The molecule has 1 aliphatic heterocycles.